The number of carbonyl (C=O) groups excluding carboxylic acids is 4. The van der Waals surface area contributed by atoms with Crippen LogP contribution in [0.4, 0.5) is 0 Å². The van der Waals surface area contributed by atoms with Gasteiger partial charge in [0.15, 0.2) is 12.2 Å². The van der Waals surface area contributed by atoms with E-state index in [2.05, 4.69) is 41.5 Å². The van der Waals surface area contributed by atoms with Crippen LogP contribution in [0, 0.1) is 11.8 Å². The van der Waals surface area contributed by atoms with Crippen LogP contribution in [0.2, 0.25) is 0 Å². The average Bonchev–Trinajstić information content (AvgIpc) is 3.46. The lowest BCUT2D eigenvalue weighted by Crippen LogP contribution is -2.30. The Bertz CT molecular complexity index is 1940. The van der Waals surface area contributed by atoms with Crippen LogP contribution in [0.1, 0.15) is 433 Å². The van der Waals surface area contributed by atoms with Crippen molar-refractivity contribution in [2.75, 3.05) is 39.6 Å². The van der Waals surface area contributed by atoms with Gasteiger partial charge in [-0.15, -0.1) is 0 Å². The van der Waals surface area contributed by atoms with E-state index in [-0.39, 0.29) is 25.7 Å². The number of rotatable bonds is 81. The zero-order chi connectivity index (χ0) is 74.2. The fourth-order valence-electron chi connectivity index (χ4n) is 12.7. The first-order valence-electron chi connectivity index (χ1n) is 42.5. The van der Waals surface area contributed by atoms with Gasteiger partial charge in [0.2, 0.25) is 0 Å². The van der Waals surface area contributed by atoms with E-state index in [9.17, 15) is 43.2 Å². The van der Waals surface area contributed by atoms with Gasteiger partial charge in [0, 0.05) is 25.7 Å². The number of aliphatic hydroxyl groups excluding tert-OH is 1. The second-order valence-electron chi connectivity index (χ2n) is 30.5. The van der Waals surface area contributed by atoms with Crippen LogP contribution < -0.4 is 0 Å². The molecule has 0 aliphatic carbocycles. The molecule has 0 saturated heterocycles. The van der Waals surface area contributed by atoms with Crippen LogP contribution in [-0.2, 0) is 65.4 Å². The van der Waals surface area contributed by atoms with Crippen LogP contribution in [0.3, 0.4) is 0 Å². The van der Waals surface area contributed by atoms with Crippen molar-refractivity contribution in [3.63, 3.8) is 0 Å². The van der Waals surface area contributed by atoms with Crippen molar-refractivity contribution in [2.45, 2.75) is 452 Å². The minimum absolute atomic E-state index is 0.105. The highest BCUT2D eigenvalue weighted by atomic mass is 31.2. The molecule has 0 aliphatic rings. The number of aliphatic hydroxyl groups is 1. The monoisotopic (exact) mass is 1480 g/mol. The Morgan fingerprint density at radius 1 is 0.267 bits per heavy atom. The Morgan fingerprint density at radius 2 is 0.455 bits per heavy atom. The van der Waals surface area contributed by atoms with Gasteiger partial charge in [-0.25, -0.2) is 9.13 Å². The lowest BCUT2D eigenvalue weighted by molar-refractivity contribution is -0.161. The first kappa shape index (κ1) is 99.1. The van der Waals surface area contributed by atoms with Crippen LogP contribution in [0.15, 0.2) is 0 Å². The van der Waals surface area contributed by atoms with Crippen molar-refractivity contribution in [2.24, 2.45) is 11.8 Å². The summed E-state index contributed by atoms with van der Waals surface area (Å²) in [5.41, 5.74) is 0. The first-order valence-corrected chi connectivity index (χ1v) is 45.5. The minimum Gasteiger partial charge on any atom is -0.462 e. The fourth-order valence-corrected chi connectivity index (χ4v) is 14.3. The Morgan fingerprint density at radius 3 is 0.673 bits per heavy atom. The molecular formula is C82H160O17P2. The molecule has 0 fully saturated rings. The third-order valence-corrected chi connectivity index (χ3v) is 21.1. The zero-order valence-electron chi connectivity index (χ0n) is 66.2. The number of hydrogen-bond acceptors (Lipinski definition) is 15. The SMILES string of the molecule is CCCCCCCCCCCCCCCCCCCCCCCC(=O)O[C@H](COC(=O)CCCCCCCCCCCCCCCCCCC)COP(=O)(O)OC[C@@H](O)COP(=O)(O)OC[C@@H](COC(=O)CCCCCCCCCC(C)C)OC(=O)CCCCCCCCCCCCC(C)C. The third kappa shape index (κ3) is 76.1. The molecule has 3 N–H and O–H groups in total. The van der Waals surface area contributed by atoms with Gasteiger partial charge in [0.1, 0.15) is 19.3 Å². The Hall–Kier alpha value is -1.94. The predicted octanol–water partition coefficient (Wildman–Crippen LogP) is 24.7. The van der Waals surface area contributed by atoms with E-state index in [0.29, 0.717) is 31.6 Å². The van der Waals surface area contributed by atoms with Crippen molar-refractivity contribution in [3.8, 4) is 0 Å². The lowest BCUT2D eigenvalue weighted by atomic mass is 10.0. The van der Waals surface area contributed by atoms with Crippen molar-refractivity contribution in [1.29, 1.82) is 0 Å². The number of unbranched alkanes of at least 4 members (excludes halogenated alkanes) is 51. The van der Waals surface area contributed by atoms with E-state index >= 15 is 0 Å². The molecule has 0 amide bonds. The minimum atomic E-state index is -4.96. The van der Waals surface area contributed by atoms with Gasteiger partial charge in [0.25, 0.3) is 0 Å². The second-order valence-corrected chi connectivity index (χ2v) is 33.4. The molecule has 0 radical (unpaired) electrons. The summed E-state index contributed by atoms with van der Waals surface area (Å²) < 4.78 is 68.7. The van der Waals surface area contributed by atoms with E-state index in [1.54, 1.807) is 0 Å². The number of esters is 4. The molecule has 17 nitrogen and oxygen atoms in total. The summed E-state index contributed by atoms with van der Waals surface area (Å²) in [6.07, 6.45) is 64.1. The maximum Gasteiger partial charge on any atom is 0.472 e. The highest BCUT2D eigenvalue weighted by Crippen LogP contribution is 2.45. The molecular weight excluding hydrogens is 1320 g/mol. The quantitative estimate of drug-likeness (QED) is 0.0222. The first-order chi connectivity index (χ1) is 48.9. The summed E-state index contributed by atoms with van der Waals surface area (Å²) in [6, 6.07) is 0. The molecule has 0 aromatic heterocycles. The van der Waals surface area contributed by atoms with Crippen molar-refractivity contribution in [3.05, 3.63) is 0 Å². The molecule has 0 heterocycles. The van der Waals surface area contributed by atoms with Crippen LogP contribution >= 0.6 is 15.6 Å². The molecule has 19 heteroatoms. The molecule has 0 rings (SSSR count). The number of hydrogen-bond donors (Lipinski definition) is 3. The fraction of sp³-hybridized carbons (Fsp3) is 0.951. The third-order valence-electron chi connectivity index (χ3n) is 19.2. The van der Waals surface area contributed by atoms with E-state index < -0.39 is 97.5 Å². The number of phosphoric acid groups is 2. The molecule has 0 aromatic carbocycles. The molecule has 0 saturated carbocycles. The van der Waals surface area contributed by atoms with E-state index in [1.807, 2.05) is 0 Å². The topological polar surface area (TPSA) is 237 Å². The van der Waals surface area contributed by atoms with Gasteiger partial charge in [-0.2, -0.15) is 0 Å². The largest absolute Gasteiger partial charge is 0.472 e. The second kappa shape index (κ2) is 73.6. The van der Waals surface area contributed by atoms with Gasteiger partial charge in [-0.05, 0) is 37.5 Å². The van der Waals surface area contributed by atoms with Crippen LogP contribution in [0.25, 0.3) is 0 Å². The summed E-state index contributed by atoms with van der Waals surface area (Å²) in [7, 11) is -9.92. The highest BCUT2D eigenvalue weighted by molar-refractivity contribution is 7.47. The maximum absolute atomic E-state index is 13.1. The van der Waals surface area contributed by atoms with E-state index in [0.717, 1.165) is 102 Å². The van der Waals surface area contributed by atoms with E-state index in [1.165, 1.54) is 244 Å². The molecule has 2 unspecified atom stereocenters. The van der Waals surface area contributed by atoms with Gasteiger partial charge < -0.3 is 33.8 Å². The summed E-state index contributed by atoms with van der Waals surface area (Å²) in [5, 5.41) is 10.6. The smallest absolute Gasteiger partial charge is 0.462 e. The molecule has 101 heavy (non-hydrogen) atoms. The number of carbonyl (C=O) groups is 4. The number of ether oxygens (including phenoxy) is 4. The van der Waals surface area contributed by atoms with Gasteiger partial charge in [0.05, 0.1) is 26.4 Å². The summed E-state index contributed by atoms with van der Waals surface area (Å²) >= 11 is 0. The van der Waals surface area contributed by atoms with Crippen molar-refractivity contribution >= 4 is 39.5 Å². The molecule has 0 spiro atoms. The molecule has 600 valence electrons. The lowest BCUT2D eigenvalue weighted by Gasteiger charge is -2.21. The molecule has 0 aliphatic heterocycles. The van der Waals surface area contributed by atoms with Crippen LogP contribution in [-0.4, -0.2) is 96.7 Å². The van der Waals surface area contributed by atoms with Gasteiger partial charge in [-0.3, -0.25) is 37.3 Å². The molecule has 0 bridgehead atoms. The molecule has 5 atom stereocenters. The standard InChI is InChI=1S/C82H160O17P2/c1-7-9-11-13-15-17-19-21-23-25-26-27-28-30-32-34-36-41-47-54-60-66-81(86)98-77(70-92-79(84)64-58-52-46-40-35-33-31-29-24-22-20-18-16-14-12-10-8-2)72-96-100(88,89)94-68-76(83)69-95-101(90,91)97-73-78(71-93-80(85)65-59-53-49-43-45-51-57-63-75(5)6)99-82(87)67-61-55-48-42-38-37-39-44-50-56-62-74(3)4/h74-78,83H,7-73H2,1-6H3,(H,88,89)(H,90,91)/t76-,77-,78-/m1/s1. The number of phosphoric ester groups is 2. The predicted molar refractivity (Wildman–Crippen MR) is 414 cm³/mol. The highest BCUT2D eigenvalue weighted by Gasteiger charge is 2.30. The maximum atomic E-state index is 13.1. The van der Waals surface area contributed by atoms with E-state index in [4.69, 9.17) is 37.0 Å². The Balaban J connectivity index is 5.22. The van der Waals surface area contributed by atoms with Crippen molar-refractivity contribution in [1.82, 2.24) is 0 Å². The summed E-state index contributed by atoms with van der Waals surface area (Å²) in [6.45, 7) is 9.57. The Labute approximate surface area is 619 Å². The summed E-state index contributed by atoms with van der Waals surface area (Å²) in [4.78, 5) is 73.0. The average molecular weight is 1480 g/mol. The van der Waals surface area contributed by atoms with Gasteiger partial charge in [-0.1, -0.05) is 382 Å². The Kier molecular flexibility index (Phi) is 72.2. The van der Waals surface area contributed by atoms with Gasteiger partial charge >= 0.3 is 39.5 Å². The van der Waals surface area contributed by atoms with Crippen LogP contribution in [0.5, 0.6) is 0 Å². The van der Waals surface area contributed by atoms with Crippen molar-refractivity contribution < 1.29 is 80.2 Å². The zero-order valence-corrected chi connectivity index (χ0v) is 68.0. The molecule has 0 aromatic rings. The summed E-state index contributed by atoms with van der Waals surface area (Å²) in [5.74, 6) is -0.653. The normalized spacial score (nSPS) is 13.9.